The van der Waals surface area contributed by atoms with Gasteiger partial charge in [-0.25, -0.2) is 0 Å². The molecule has 0 saturated heterocycles. The molecule has 0 aromatic carbocycles. The van der Waals surface area contributed by atoms with Crippen LogP contribution in [0.4, 0.5) is 0 Å². The molecule has 0 amide bonds. The van der Waals surface area contributed by atoms with E-state index >= 15 is 0 Å². The van der Waals surface area contributed by atoms with Crippen molar-refractivity contribution in [3.05, 3.63) is 12.2 Å². The summed E-state index contributed by atoms with van der Waals surface area (Å²) >= 11 is 0. The lowest BCUT2D eigenvalue weighted by Crippen LogP contribution is -2.02. The highest BCUT2D eigenvalue weighted by atomic mass is 32.2. The first-order valence-corrected chi connectivity index (χ1v) is 5.24. The van der Waals surface area contributed by atoms with Crippen LogP contribution in [0.5, 0.6) is 0 Å². The van der Waals surface area contributed by atoms with Crippen LogP contribution in [-0.4, -0.2) is 21.3 Å². The fourth-order valence-corrected chi connectivity index (χ4v) is 0.816. The quantitative estimate of drug-likeness (QED) is 0.479. The molecule has 0 unspecified atom stereocenters. The molecule has 0 aromatic heterocycles. The average molecular weight is 178 g/mol. The summed E-state index contributed by atoms with van der Waals surface area (Å²) in [5.74, 6) is 0.429. The minimum Gasteiger partial charge on any atom is -0.266 e. The predicted molar refractivity (Wildman–Crippen MR) is 44.8 cm³/mol. The Kier molecular flexibility index (Phi) is 4.37. The molecule has 11 heavy (non-hydrogen) atoms. The Bertz CT molecular complexity index is 214. The first kappa shape index (κ1) is 10.7. The van der Waals surface area contributed by atoms with E-state index in [1.165, 1.54) is 0 Å². The zero-order chi connectivity index (χ0) is 8.91. The third kappa shape index (κ3) is 9.65. The lowest BCUT2D eigenvalue weighted by Gasteiger charge is -1.96. The Hall–Kier alpha value is -0.350. The van der Waals surface area contributed by atoms with Gasteiger partial charge in [0.25, 0.3) is 10.1 Å². The molecule has 0 atom stereocenters. The summed E-state index contributed by atoms with van der Waals surface area (Å²) in [7, 11) is -3.27. The lowest BCUT2D eigenvalue weighted by atomic mass is 10.2. The maximum Gasteiger partial charge on any atom is 0.264 e. The second-order valence-electron chi connectivity index (χ2n) is 2.66. The van der Waals surface area contributed by atoms with Gasteiger partial charge in [0.05, 0.1) is 12.9 Å². The first-order chi connectivity index (χ1) is 4.92. The Morgan fingerprint density at radius 1 is 1.45 bits per heavy atom. The molecule has 0 heterocycles. The second kappa shape index (κ2) is 4.51. The van der Waals surface area contributed by atoms with Crippen molar-refractivity contribution in [3.63, 3.8) is 0 Å². The molecule has 0 spiro atoms. The highest BCUT2D eigenvalue weighted by molar-refractivity contribution is 7.85. The van der Waals surface area contributed by atoms with E-state index in [0.717, 1.165) is 6.26 Å². The molecule has 0 aliphatic rings. The topological polar surface area (TPSA) is 43.4 Å². The van der Waals surface area contributed by atoms with Gasteiger partial charge in [0.2, 0.25) is 0 Å². The largest absolute Gasteiger partial charge is 0.266 e. The van der Waals surface area contributed by atoms with Crippen LogP contribution in [0, 0.1) is 5.92 Å². The van der Waals surface area contributed by atoms with Crippen LogP contribution in [0.25, 0.3) is 0 Å². The summed E-state index contributed by atoms with van der Waals surface area (Å²) in [6.45, 7) is 4.16. The number of rotatable bonds is 4. The summed E-state index contributed by atoms with van der Waals surface area (Å²) in [4.78, 5) is 0. The van der Waals surface area contributed by atoms with Gasteiger partial charge >= 0.3 is 0 Å². The van der Waals surface area contributed by atoms with Gasteiger partial charge < -0.3 is 0 Å². The van der Waals surface area contributed by atoms with E-state index in [0.29, 0.717) is 5.92 Å². The molecule has 3 nitrogen and oxygen atoms in total. The van der Waals surface area contributed by atoms with Crippen molar-refractivity contribution >= 4 is 10.1 Å². The molecule has 0 rings (SSSR count). The third-order valence-corrected chi connectivity index (χ3v) is 1.46. The van der Waals surface area contributed by atoms with Crippen molar-refractivity contribution in [1.29, 1.82) is 0 Å². The van der Waals surface area contributed by atoms with Gasteiger partial charge in [-0.05, 0) is 5.92 Å². The number of allylic oxidation sites excluding steroid dienone is 1. The first-order valence-electron chi connectivity index (χ1n) is 3.43. The summed E-state index contributed by atoms with van der Waals surface area (Å²) < 4.78 is 25.3. The molecular formula is C7H14O3S. The monoisotopic (exact) mass is 178 g/mol. The van der Waals surface area contributed by atoms with E-state index in [4.69, 9.17) is 0 Å². The summed E-state index contributed by atoms with van der Waals surface area (Å²) in [6.07, 6.45) is 4.63. The molecule has 4 heteroatoms. The van der Waals surface area contributed by atoms with Crippen LogP contribution >= 0.6 is 0 Å². The van der Waals surface area contributed by atoms with Gasteiger partial charge in [-0.1, -0.05) is 26.0 Å². The summed E-state index contributed by atoms with van der Waals surface area (Å²) in [5, 5.41) is 0. The maximum absolute atomic E-state index is 10.4. The van der Waals surface area contributed by atoms with Crippen LogP contribution in [0.1, 0.15) is 13.8 Å². The molecule has 0 saturated carbocycles. The van der Waals surface area contributed by atoms with Gasteiger partial charge in [0, 0.05) is 0 Å². The van der Waals surface area contributed by atoms with Crippen molar-refractivity contribution in [2.75, 3.05) is 12.9 Å². The van der Waals surface area contributed by atoms with Gasteiger partial charge in [-0.2, -0.15) is 8.42 Å². The fraction of sp³-hybridized carbons (Fsp3) is 0.714. The highest BCUT2D eigenvalue weighted by Gasteiger charge is 1.97. The smallest absolute Gasteiger partial charge is 0.264 e. The normalized spacial score (nSPS) is 13.1. The Morgan fingerprint density at radius 2 is 2.00 bits per heavy atom. The van der Waals surface area contributed by atoms with E-state index < -0.39 is 10.1 Å². The average Bonchev–Trinajstić information content (AvgIpc) is 1.78. The summed E-state index contributed by atoms with van der Waals surface area (Å²) in [5.41, 5.74) is 0. The SMILES string of the molecule is CC(C)C=CCOS(C)(=O)=O. The zero-order valence-electron chi connectivity index (χ0n) is 7.07. The van der Waals surface area contributed by atoms with Crippen LogP contribution in [-0.2, 0) is 14.3 Å². The molecular weight excluding hydrogens is 164 g/mol. The van der Waals surface area contributed by atoms with E-state index in [2.05, 4.69) is 4.18 Å². The van der Waals surface area contributed by atoms with Crippen molar-refractivity contribution in [3.8, 4) is 0 Å². The van der Waals surface area contributed by atoms with Gasteiger partial charge in [0.15, 0.2) is 0 Å². The van der Waals surface area contributed by atoms with Crippen molar-refractivity contribution < 1.29 is 12.6 Å². The lowest BCUT2D eigenvalue weighted by molar-refractivity contribution is 0.361. The zero-order valence-corrected chi connectivity index (χ0v) is 7.89. The van der Waals surface area contributed by atoms with Crippen LogP contribution in [0.3, 0.4) is 0 Å². The molecule has 0 bridgehead atoms. The molecule has 0 aliphatic heterocycles. The highest BCUT2D eigenvalue weighted by Crippen LogP contribution is 1.94. The molecule has 66 valence electrons. The van der Waals surface area contributed by atoms with Gasteiger partial charge in [-0.3, -0.25) is 4.18 Å². The molecule has 0 aromatic rings. The Labute approximate surface area is 68.2 Å². The second-order valence-corrected chi connectivity index (χ2v) is 4.30. The Morgan fingerprint density at radius 3 is 2.36 bits per heavy atom. The van der Waals surface area contributed by atoms with Crippen molar-refractivity contribution in [2.24, 2.45) is 5.92 Å². The predicted octanol–water partition coefficient (Wildman–Crippen LogP) is 1.17. The van der Waals surface area contributed by atoms with Crippen LogP contribution in [0.15, 0.2) is 12.2 Å². The maximum atomic E-state index is 10.4. The molecule has 0 radical (unpaired) electrons. The van der Waals surface area contributed by atoms with Gasteiger partial charge in [0.1, 0.15) is 0 Å². The van der Waals surface area contributed by atoms with E-state index in [1.807, 2.05) is 19.9 Å². The van der Waals surface area contributed by atoms with Crippen molar-refractivity contribution in [1.82, 2.24) is 0 Å². The number of hydrogen-bond donors (Lipinski definition) is 0. The minimum atomic E-state index is -3.27. The van der Waals surface area contributed by atoms with Crippen molar-refractivity contribution in [2.45, 2.75) is 13.8 Å². The van der Waals surface area contributed by atoms with E-state index in [1.54, 1.807) is 6.08 Å². The minimum absolute atomic E-state index is 0.136. The van der Waals surface area contributed by atoms with E-state index in [-0.39, 0.29) is 6.61 Å². The third-order valence-electron chi connectivity index (χ3n) is 0.899. The fourth-order valence-electron chi connectivity index (χ4n) is 0.491. The standard InChI is InChI=1S/C7H14O3S/c1-7(2)5-4-6-10-11(3,8)9/h4-5,7H,6H2,1-3H3. The van der Waals surface area contributed by atoms with E-state index in [9.17, 15) is 8.42 Å². The van der Waals surface area contributed by atoms with Crippen LogP contribution < -0.4 is 0 Å². The molecule has 0 N–H and O–H groups in total. The Balaban J connectivity index is 3.59. The molecule has 0 aliphatic carbocycles. The van der Waals surface area contributed by atoms with Crippen LogP contribution in [0.2, 0.25) is 0 Å². The number of hydrogen-bond acceptors (Lipinski definition) is 3. The summed E-state index contributed by atoms with van der Waals surface area (Å²) in [6, 6.07) is 0. The van der Waals surface area contributed by atoms with Gasteiger partial charge in [-0.15, -0.1) is 0 Å². The molecule has 0 fully saturated rings.